The highest BCUT2D eigenvalue weighted by Crippen LogP contribution is 2.45. The van der Waals surface area contributed by atoms with Gasteiger partial charge in [-0.3, -0.25) is 14.5 Å². The number of hydrogen-bond acceptors (Lipinski definition) is 7. The van der Waals surface area contributed by atoms with Gasteiger partial charge in [-0.25, -0.2) is 4.98 Å². The summed E-state index contributed by atoms with van der Waals surface area (Å²) < 4.78 is 12.0. The molecule has 9 heteroatoms. The van der Waals surface area contributed by atoms with Gasteiger partial charge in [0, 0.05) is 10.6 Å². The molecule has 2 aromatic heterocycles. The van der Waals surface area contributed by atoms with Gasteiger partial charge in [-0.2, -0.15) is 0 Å². The van der Waals surface area contributed by atoms with E-state index in [2.05, 4.69) is 4.98 Å². The molecule has 1 amide bonds. The average molecular weight is 495 g/mol. The Balaban J connectivity index is 1.67. The van der Waals surface area contributed by atoms with Crippen molar-refractivity contribution in [1.82, 2.24) is 4.98 Å². The average Bonchev–Trinajstić information content (AvgIpc) is 3.50. The maximum Gasteiger partial charge on any atom is 0.302 e. The Morgan fingerprint density at radius 2 is 1.94 bits per heavy atom. The topological polar surface area (TPSA) is 92.9 Å². The number of furan rings is 1. The first-order valence-electron chi connectivity index (χ1n) is 10.5. The predicted octanol–water partition coefficient (Wildman–Crippen LogP) is 5.88. The Kier molecular flexibility index (Phi) is 5.63. The Bertz CT molecular complexity index is 1450. The van der Waals surface area contributed by atoms with Crippen molar-refractivity contribution in [1.29, 1.82) is 0 Å². The Labute approximate surface area is 203 Å². The zero-order valence-electron chi connectivity index (χ0n) is 18.2. The number of Topliss-reactive ketones (excluding diaryl/α,β-unsaturated/α-hetero) is 1. The number of carbonyl (C=O) groups is 2. The lowest BCUT2D eigenvalue weighted by molar-refractivity contribution is -0.132. The molecular formula is C25H19ClN2O5S. The van der Waals surface area contributed by atoms with Gasteiger partial charge in [0.25, 0.3) is 5.78 Å². The highest BCUT2D eigenvalue weighted by atomic mass is 35.5. The number of aliphatic hydroxyl groups is 1. The molecule has 7 nitrogen and oxygen atoms in total. The van der Waals surface area contributed by atoms with Crippen molar-refractivity contribution in [3.63, 3.8) is 0 Å². The number of amides is 1. The summed E-state index contributed by atoms with van der Waals surface area (Å²) >= 11 is 7.34. The van der Waals surface area contributed by atoms with Gasteiger partial charge >= 0.3 is 5.91 Å². The number of ketones is 1. The lowest BCUT2D eigenvalue weighted by atomic mass is 9.99. The summed E-state index contributed by atoms with van der Waals surface area (Å²) in [5, 5.41) is 12.0. The number of nitrogens with zero attached hydrogens (tertiary/aromatic N) is 2. The lowest BCUT2D eigenvalue weighted by Crippen LogP contribution is -2.29. The Hall–Kier alpha value is -3.62. The molecule has 0 radical (unpaired) electrons. The third kappa shape index (κ3) is 3.74. The van der Waals surface area contributed by atoms with E-state index in [1.54, 1.807) is 61.5 Å². The summed E-state index contributed by atoms with van der Waals surface area (Å²) in [6.45, 7) is 4.14. The van der Waals surface area contributed by atoms with Gasteiger partial charge in [-0.1, -0.05) is 22.9 Å². The van der Waals surface area contributed by atoms with Crippen LogP contribution in [0.3, 0.4) is 0 Å². The van der Waals surface area contributed by atoms with Gasteiger partial charge in [-0.15, -0.1) is 0 Å². The Morgan fingerprint density at radius 1 is 1.18 bits per heavy atom. The minimum Gasteiger partial charge on any atom is -0.507 e. The first kappa shape index (κ1) is 22.2. The van der Waals surface area contributed by atoms with E-state index in [9.17, 15) is 14.7 Å². The summed E-state index contributed by atoms with van der Waals surface area (Å²) in [4.78, 5) is 32.3. The molecule has 1 unspecified atom stereocenters. The molecule has 3 heterocycles. The third-order valence-corrected chi connectivity index (χ3v) is 6.71. The zero-order chi connectivity index (χ0) is 24.0. The fourth-order valence-electron chi connectivity index (χ4n) is 3.92. The van der Waals surface area contributed by atoms with Crippen molar-refractivity contribution in [2.45, 2.75) is 19.9 Å². The molecule has 0 aliphatic carbocycles. The van der Waals surface area contributed by atoms with Crippen LogP contribution in [0.5, 0.6) is 5.75 Å². The molecule has 1 saturated heterocycles. The van der Waals surface area contributed by atoms with Gasteiger partial charge in [0.2, 0.25) is 0 Å². The quantitative estimate of drug-likeness (QED) is 0.212. The number of thiazole rings is 1. The van der Waals surface area contributed by atoms with Crippen LogP contribution in [0.25, 0.3) is 16.0 Å². The molecule has 1 N–H and O–H groups in total. The number of aromatic nitrogens is 1. The molecule has 1 atom stereocenters. The van der Waals surface area contributed by atoms with E-state index in [1.807, 2.05) is 6.92 Å². The lowest BCUT2D eigenvalue weighted by Gasteiger charge is -2.20. The highest BCUT2D eigenvalue weighted by molar-refractivity contribution is 7.22. The number of benzene rings is 2. The molecule has 2 aromatic carbocycles. The monoisotopic (exact) mass is 494 g/mol. The molecule has 4 aromatic rings. The SMILES string of the molecule is CCOc1ccc(C(O)=C2C(=O)C(=O)N(c3nc4ccc(Cl)cc4s3)C2c2ccc(C)o2)cc1. The number of hydrogen-bond donors (Lipinski definition) is 1. The number of fused-ring (bicyclic) bond motifs is 1. The molecule has 5 rings (SSSR count). The molecule has 1 aliphatic heterocycles. The molecular weight excluding hydrogens is 476 g/mol. The molecule has 172 valence electrons. The standard InChI is InChI=1S/C25H19ClN2O5S/c1-3-32-16-8-5-14(6-9-16)22(29)20-21(18-11-4-13(2)33-18)28(24(31)23(20)30)25-27-17-10-7-15(26)12-19(17)34-25/h4-12,21,29H,3H2,1-2H3. The third-order valence-electron chi connectivity index (χ3n) is 5.46. The Morgan fingerprint density at radius 3 is 2.62 bits per heavy atom. The first-order valence-corrected chi connectivity index (χ1v) is 11.7. The van der Waals surface area contributed by atoms with Crippen molar-refractivity contribution in [3.8, 4) is 5.75 Å². The van der Waals surface area contributed by atoms with Crippen LogP contribution in [-0.2, 0) is 9.59 Å². The van der Waals surface area contributed by atoms with E-state index < -0.39 is 17.7 Å². The number of halogens is 1. The number of aliphatic hydroxyl groups excluding tert-OH is 1. The minimum absolute atomic E-state index is 0.0687. The van der Waals surface area contributed by atoms with Crippen LogP contribution in [0.1, 0.15) is 30.0 Å². The second-order valence-electron chi connectivity index (χ2n) is 7.68. The molecule has 34 heavy (non-hydrogen) atoms. The van der Waals surface area contributed by atoms with E-state index in [4.69, 9.17) is 20.8 Å². The second kappa shape index (κ2) is 8.62. The second-order valence-corrected chi connectivity index (χ2v) is 9.13. The smallest absolute Gasteiger partial charge is 0.302 e. The fraction of sp³-hybridized carbons (Fsp3) is 0.160. The number of aryl methyl sites for hydroxylation is 1. The van der Waals surface area contributed by atoms with Crippen LogP contribution < -0.4 is 9.64 Å². The van der Waals surface area contributed by atoms with Crippen molar-refractivity contribution < 1.29 is 23.8 Å². The first-order chi connectivity index (χ1) is 16.4. The van der Waals surface area contributed by atoms with Gasteiger partial charge < -0.3 is 14.3 Å². The van der Waals surface area contributed by atoms with Crippen molar-refractivity contribution in [3.05, 3.63) is 82.3 Å². The van der Waals surface area contributed by atoms with Crippen molar-refractivity contribution in [2.24, 2.45) is 0 Å². The summed E-state index contributed by atoms with van der Waals surface area (Å²) in [6.07, 6.45) is 0. The maximum absolute atomic E-state index is 13.2. The van der Waals surface area contributed by atoms with Crippen LogP contribution >= 0.6 is 22.9 Å². The number of rotatable bonds is 5. The van der Waals surface area contributed by atoms with E-state index in [1.165, 1.54) is 16.2 Å². The van der Waals surface area contributed by atoms with Crippen LogP contribution in [0.4, 0.5) is 5.13 Å². The fourth-order valence-corrected chi connectivity index (χ4v) is 5.19. The summed E-state index contributed by atoms with van der Waals surface area (Å²) in [7, 11) is 0. The van der Waals surface area contributed by atoms with E-state index >= 15 is 0 Å². The number of carbonyl (C=O) groups excluding carboxylic acids is 2. The molecule has 1 fully saturated rings. The minimum atomic E-state index is -0.976. The summed E-state index contributed by atoms with van der Waals surface area (Å²) in [5.41, 5.74) is 0.957. The van der Waals surface area contributed by atoms with Crippen LogP contribution in [-0.4, -0.2) is 28.4 Å². The van der Waals surface area contributed by atoms with Gasteiger partial charge in [0.15, 0.2) is 5.13 Å². The normalized spacial score (nSPS) is 17.6. The molecule has 0 spiro atoms. The van der Waals surface area contributed by atoms with Gasteiger partial charge in [0.1, 0.15) is 29.1 Å². The van der Waals surface area contributed by atoms with Crippen molar-refractivity contribution in [2.75, 3.05) is 11.5 Å². The zero-order valence-corrected chi connectivity index (χ0v) is 19.8. The largest absolute Gasteiger partial charge is 0.507 e. The van der Waals surface area contributed by atoms with Crippen molar-refractivity contribution >= 4 is 55.7 Å². The molecule has 1 aliphatic rings. The van der Waals surface area contributed by atoms with E-state index in [0.29, 0.717) is 45.1 Å². The van der Waals surface area contributed by atoms with E-state index in [0.717, 1.165) is 4.70 Å². The summed E-state index contributed by atoms with van der Waals surface area (Å²) in [6, 6.07) is 14.3. The van der Waals surface area contributed by atoms with Gasteiger partial charge in [0.05, 0.1) is 22.4 Å². The molecule has 0 bridgehead atoms. The summed E-state index contributed by atoms with van der Waals surface area (Å²) in [5.74, 6) is -0.323. The van der Waals surface area contributed by atoms with Crippen LogP contribution in [0, 0.1) is 6.92 Å². The van der Waals surface area contributed by atoms with E-state index in [-0.39, 0.29) is 11.3 Å². The predicted molar refractivity (Wildman–Crippen MR) is 130 cm³/mol. The van der Waals surface area contributed by atoms with Gasteiger partial charge in [-0.05, 0) is 68.4 Å². The number of anilines is 1. The maximum atomic E-state index is 13.2. The number of ether oxygens (including phenoxy) is 1. The highest BCUT2D eigenvalue weighted by Gasteiger charge is 2.49. The molecule has 0 saturated carbocycles. The van der Waals surface area contributed by atoms with Crippen LogP contribution in [0.2, 0.25) is 5.02 Å². The van der Waals surface area contributed by atoms with Crippen LogP contribution in [0.15, 0.2) is 64.6 Å².